The number of Topliss-reactive ketones (excluding diaryl/α,β-unsaturated/α-hetero) is 1. The molecule has 0 aliphatic rings. The molecule has 0 aliphatic carbocycles. The average Bonchev–Trinajstić information content (AvgIpc) is 2.18. The van der Waals surface area contributed by atoms with Crippen LogP contribution < -0.4 is 0 Å². The Bertz CT molecular complexity index is 334. The number of rotatable bonds is 4. The molecule has 0 saturated carbocycles. The van der Waals surface area contributed by atoms with Gasteiger partial charge in [-0.1, -0.05) is 23.7 Å². The number of hydrogen-bond acceptors (Lipinski definition) is 2. The van der Waals surface area contributed by atoms with Gasteiger partial charge in [0.05, 0.1) is 0 Å². The molecule has 14 heavy (non-hydrogen) atoms. The van der Waals surface area contributed by atoms with E-state index in [9.17, 15) is 4.79 Å². The average molecular weight is 213 g/mol. The Morgan fingerprint density at radius 2 is 2.21 bits per heavy atom. The topological polar surface area (TPSA) is 26.3 Å². The van der Waals surface area contributed by atoms with Gasteiger partial charge in [0.25, 0.3) is 0 Å². The van der Waals surface area contributed by atoms with E-state index in [2.05, 4.69) is 0 Å². The van der Waals surface area contributed by atoms with Gasteiger partial charge in [-0.15, -0.1) is 0 Å². The van der Waals surface area contributed by atoms with Crippen molar-refractivity contribution < 1.29 is 9.53 Å². The summed E-state index contributed by atoms with van der Waals surface area (Å²) < 4.78 is 5.05. The van der Waals surface area contributed by atoms with Gasteiger partial charge in [0.2, 0.25) is 0 Å². The van der Waals surface area contributed by atoms with Crippen LogP contribution in [0.5, 0.6) is 0 Å². The molecule has 2 nitrogen and oxygen atoms in total. The van der Waals surface area contributed by atoms with Crippen molar-refractivity contribution in [2.24, 2.45) is 0 Å². The number of halogens is 1. The Labute approximate surface area is 88.8 Å². The lowest BCUT2D eigenvalue weighted by Gasteiger charge is -2.05. The first-order valence-electron chi connectivity index (χ1n) is 4.53. The van der Waals surface area contributed by atoms with Gasteiger partial charge in [-0.05, 0) is 25.5 Å². The van der Waals surface area contributed by atoms with E-state index in [4.69, 9.17) is 16.3 Å². The van der Waals surface area contributed by atoms with Crippen molar-refractivity contribution in [2.45, 2.75) is 13.8 Å². The molecule has 3 heteroatoms. The van der Waals surface area contributed by atoms with Crippen LogP contribution in [0.1, 0.15) is 22.8 Å². The van der Waals surface area contributed by atoms with Crippen LogP contribution in [0.2, 0.25) is 5.02 Å². The molecule has 0 heterocycles. The number of carbonyl (C=O) groups excluding carboxylic acids is 1. The van der Waals surface area contributed by atoms with Gasteiger partial charge in [0.15, 0.2) is 5.78 Å². The summed E-state index contributed by atoms with van der Waals surface area (Å²) in [5.41, 5.74) is 1.46. The molecule has 1 aromatic rings. The number of ether oxygens (including phenoxy) is 1. The second-order valence-electron chi connectivity index (χ2n) is 2.97. The number of benzene rings is 1. The Balaban J connectivity index is 2.84. The third-order valence-corrected chi connectivity index (χ3v) is 2.41. The van der Waals surface area contributed by atoms with Crippen molar-refractivity contribution in [3.8, 4) is 0 Å². The van der Waals surface area contributed by atoms with Crippen molar-refractivity contribution >= 4 is 17.4 Å². The van der Waals surface area contributed by atoms with E-state index < -0.39 is 0 Å². The lowest BCUT2D eigenvalue weighted by atomic mass is 10.1. The van der Waals surface area contributed by atoms with E-state index in [0.29, 0.717) is 17.2 Å². The zero-order chi connectivity index (χ0) is 10.6. The number of hydrogen-bond donors (Lipinski definition) is 0. The molecular weight excluding hydrogens is 200 g/mol. The number of ketones is 1. The highest BCUT2D eigenvalue weighted by atomic mass is 35.5. The first-order chi connectivity index (χ1) is 6.66. The molecular formula is C11H13ClO2. The third kappa shape index (κ3) is 2.56. The van der Waals surface area contributed by atoms with Crippen molar-refractivity contribution in [3.05, 3.63) is 34.3 Å². The molecule has 0 atom stereocenters. The quantitative estimate of drug-likeness (QED) is 0.718. The largest absolute Gasteiger partial charge is 0.374 e. The van der Waals surface area contributed by atoms with Gasteiger partial charge in [-0.25, -0.2) is 0 Å². The highest BCUT2D eigenvalue weighted by Gasteiger charge is 2.10. The van der Waals surface area contributed by atoms with Crippen LogP contribution >= 0.6 is 11.6 Å². The fourth-order valence-electron chi connectivity index (χ4n) is 1.18. The monoisotopic (exact) mass is 212 g/mol. The van der Waals surface area contributed by atoms with Gasteiger partial charge in [-0.2, -0.15) is 0 Å². The predicted molar refractivity (Wildman–Crippen MR) is 57.0 cm³/mol. The van der Waals surface area contributed by atoms with E-state index in [-0.39, 0.29) is 12.4 Å². The van der Waals surface area contributed by atoms with Crippen LogP contribution in [0.3, 0.4) is 0 Å². The van der Waals surface area contributed by atoms with Crippen LogP contribution in [0, 0.1) is 6.92 Å². The molecule has 0 saturated heterocycles. The summed E-state index contributed by atoms with van der Waals surface area (Å²) in [4.78, 5) is 11.6. The smallest absolute Gasteiger partial charge is 0.188 e. The molecule has 1 rings (SSSR count). The molecule has 0 aliphatic heterocycles. The van der Waals surface area contributed by atoms with Gasteiger partial charge in [-0.3, -0.25) is 4.79 Å². The third-order valence-electron chi connectivity index (χ3n) is 2.01. The number of carbonyl (C=O) groups is 1. The van der Waals surface area contributed by atoms with Crippen LogP contribution in [0.15, 0.2) is 18.2 Å². The fraction of sp³-hybridized carbons (Fsp3) is 0.364. The van der Waals surface area contributed by atoms with E-state index in [1.807, 2.05) is 13.8 Å². The molecule has 0 bridgehead atoms. The first-order valence-corrected chi connectivity index (χ1v) is 4.90. The van der Waals surface area contributed by atoms with Gasteiger partial charge in [0, 0.05) is 17.2 Å². The summed E-state index contributed by atoms with van der Waals surface area (Å²) in [6, 6.07) is 5.31. The van der Waals surface area contributed by atoms with E-state index >= 15 is 0 Å². The molecule has 0 aromatic heterocycles. The molecule has 0 N–H and O–H groups in total. The van der Waals surface area contributed by atoms with Crippen LogP contribution in [-0.2, 0) is 4.74 Å². The summed E-state index contributed by atoms with van der Waals surface area (Å²) in [7, 11) is 0. The standard InChI is InChI=1S/C11H13ClO2/c1-3-14-7-11(13)9-5-4-6-10(12)8(9)2/h4-6H,3,7H2,1-2H3. The maximum atomic E-state index is 11.6. The summed E-state index contributed by atoms with van der Waals surface area (Å²) in [5.74, 6) is -0.0214. The maximum Gasteiger partial charge on any atom is 0.188 e. The predicted octanol–water partition coefficient (Wildman–Crippen LogP) is 2.87. The molecule has 0 spiro atoms. The van der Waals surface area contributed by atoms with Crippen LogP contribution in [-0.4, -0.2) is 19.0 Å². The Kier molecular flexibility index (Phi) is 4.11. The summed E-state index contributed by atoms with van der Waals surface area (Å²) in [6.45, 7) is 4.36. The van der Waals surface area contributed by atoms with E-state index in [1.165, 1.54) is 0 Å². The lowest BCUT2D eigenvalue weighted by Crippen LogP contribution is -2.10. The minimum absolute atomic E-state index is 0.0214. The van der Waals surface area contributed by atoms with Crippen molar-refractivity contribution in [1.82, 2.24) is 0 Å². The zero-order valence-corrected chi connectivity index (χ0v) is 9.10. The lowest BCUT2D eigenvalue weighted by molar-refractivity contribution is 0.0782. The van der Waals surface area contributed by atoms with Crippen LogP contribution in [0.25, 0.3) is 0 Å². The van der Waals surface area contributed by atoms with E-state index in [0.717, 1.165) is 5.56 Å². The summed E-state index contributed by atoms with van der Waals surface area (Å²) in [6.07, 6.45) is 0. The SMILES string of the molecule is CCOCC(=O)c1cccc(Cl)c1C. The highest BCUT2D eigenvalue weighted by molar-refractivity contribution is 6.31. The summed E-state index contributed by atoms with van der Waals surface area (Å²) >= 11 is 5.90. The molecule has 0 fully saturated rings. The molecule has 0 radical (unpaired) electrons. The van der Waals surface area contributed by atoms with Gasteiger partial charge >= 0.3 is 0 Å². The Hall–Kier alpha value is -0.860. The maximum absolute atomic E-state index is 11.6. The normalized spacial score (nSPS) is 10.2. The van der Waals surface area contributed by atoms with Crippen molar-refractivity contribution in [3.63, 3.8) is 0 Å². The van der Waals surface area contributed by atoms with Crippen molar-refractivity contribution in [2.75, 3.05) is 13.2 Å². The molecule has 76 valence electrons. The molecule has 0 unspecified atom stereocenters. The molecule has 1 aromatic carbocycles. The summed E-state index contributed by atoms with van der Waals surface area (Å²) in [5, 5.41) is 0.618. The fourth-order valence-corrected chi connectivity index (χ4v) is 1.36. The minimum atomic E-state index is -0.0214. The zero-order valence-electron chi connectivity index (χ0n) is 8.34. The van der Waals surface area contributed by atoms with Crippen LogP contribution in [0.4, 0.5) is 0 Å². The second kappa shape index (κ2) is 5.13. The Morgan fingerprint density at radius 3 is 2.86 bits per heavy atom. The van der Waals surface area contributed by atoms with E-state index in [1.54, 1.807) is 18.2 Å². The molecule has 0 amide bonds. The van der Waals surface area contributed by atoms with Crippen molar-refractivity contribution in [1.29, 1.82) is 0 Å². The second-order valence-corrected chi connectivity index (χ2v) is 3.38. The van der Waals surface area contributed by atoms with Gasteiger partial charge in [0.1, 0.15) is 6.61 Å². The minimum Gasteiger partial charge on any atom is -0.374 e. The van der Waals surface area contributed by atoms with Gasteiger partial charge < -0.3 is 4.74 Å². The highest BCUT2D eigenvalue weighted by Crippen LogP contribution is 2.18. The Morgan fingerprint density at radius 1 is 1.50 bits per heavy atom. The first kappa shape index (κ1) is 11.2.